The lowest BCUT2D eigenvalue weighted by Crippen LogP contribution is -2.14. The van der Waals surface area contributed by atoms with Crippen molar-refractivity contribution < 1.29 is 0 Å². The molecule has 4 heteroatoms. The zero-order chi connectivity index (χ0) is 14.4. The van der Waals surface area contributed by atoms with Crippen LogP contribution in [0.3, 0.4) is 0 Å². The van der Waals surface area contributed by atoms with Crippen molar-refractivity contribution in [1.82, 2.24) is 0 Å². The molecule has 0 aromatic heterocycles. The Labute approximate surface area is 128 Å². The molecule has 0 saturated carbocycles. The summed E-state index contributed by atoms with van der Waals surface area (Å²) in [4.78, 5) is 4.19. The molecule has 0 heterocycles. The maximum absolute atomic E-state index is 6.06. The third-order valence-corrected chi connectivity index (χ3v) is 3.37. The molecule has 20 heavy (non-hydrogen) atoms. The molecule has 102 valence electrons. The summed E-state index contributed by atoms with van der Waals surface area (Å²) in [5.74, 6) is 0.538. The molecule has 0 fully saturated rings. The third kappa shape index (κ3) is 4.12. The minimum atomic E-state index is 0.538. The van der Waals surface area contributed by atoms with Crippen molar-refractivity contribution in [3.05, 3.63) is 75.9 Å². The number of halogens is 2. The van der Waals surface area contributed by atoms with Crippen LogP contribution in [0.1, 0.15) is 11.1 Å². The molecule has 0 unspecified atom stereocenters. The van der Waals surface area contributed by atoms with E-state index in [1.54, 1.807) is 30.5 Å². The van der Waals surface area contributed by atoms with Gasteiger partial charge in [-0.1, -0.05) is 59.6 Å². The fourth-order valence-corrected chi connectivity index (χ4v) is 2.25. The van der Waals surface area contributed by atoms with Crippen LogP contribution in [-0.2, 0) is 6.42 Å². The molecule has 0 aliphatic rings. The van der Waals surface area contributed by atoms with Gasteiger partial charge in [0, 0.05) is 28.2 Å². The van der Waals surface area contributed by atoms with Crippen molar-refractivity contribution in [1.29, 1.82) is 0 Å². The Morgan fingerprint density at radius 2 is 1.65 bits per heavy atom. The maximum Gasteiger partial charge on any atom is 0.103 e. The number of benzene rings is 2. The summed E-state index contributed by atoms with van der Waals surface area (Å²) < 4.78 is 0. The van der Waals surface area contributed by atoms with E-state index in [0.717, 1.165) is 11.1 Å². The van der Waals surface area contributed by atoms with Gasteiger partial charge < -0.3 is 5.73 Å². The Balaban J connectivity index is 2.07. The highest BCUT2D eigenvalue weighted by Gasteiger charge is 2.00. The second kappa shape index (κ2) is 7.13. The summed E-state index contributed by atoms with van der Waals surface area (Å²) >= 11 is 12.1. The molecule has 2 nitrogen and oxygen atoms in total. The lowest BCUT2D eigenvalue weighted by atomic mass is 10.1. The van der Waals surface area contributed by atoms with E-state index in [-0.39, 0.29) is 0 Å². The Hall–Kier alpha value is -1.77. The first-order valence-corrected chi connectivity index (χ1v) is 6.89. The van der Waals surface area contributed by atoms with E-state index in [9.17, 15) is 0 Å². The summed E-state index contributed by atoms with van der Waals surface area (Å²) in [7, 11) is 0. The molecule has 2 rings (SSSR count). The summed E-state index contributed by atoms with van der Waals surface area (Å²) in [6, 6.07) is 15.3. The van der Waals surface area contributed by atoms with Gasteiger partial charge >= 0.3 is 0 Å². The van der Waals surface area contributed by atoms with Crippen molar-refractivity contribution in [2.24, 2.45) is 10.7 Å². The molecule has 2 aromatic rings. The largest absolute Gasteiger partial charge is 0.387 e. The summed E-state index contributed by atoms with van der Waals surface area (Å²) in [5, 5.41) is 1.18. The number of hydrogen-bond acceptors (Lipinski definition) is 1. The van der Waals surface area contributed by atoms with Gasteiger partial charge in [-0.2, -0.15) is 0 Å². The van der Waals surface area contributed by atoms with Crippen LogP contribution in [0.25, 0.3) is 6.08 Å². The van der Waals surface area contributed by atoms with E-state index in [1.165, 1.54) is 0 Å². The minimum Gasteiger partial charge on any atom is -0.387 e. The van der Waals surface area contributed by atoms with Gasteiger partial charge in [0.2, 0.25) is 0 Å². The third-order valence-electron chi connectivity index (χ3n) is 2.71. The summed E-state index contributed by atoms with van der Waals surface area (Å²) in [5.41, 5.74) is 7.74. The van der Waals surface area contributed by atoms with E-state index in [4.69, 9.17) is 28.9 Å². The molecule has 0 amide bonds. The van der Waals surface area contributed by atoms with Crippen molar-refractivity contribution in [2.45, 2.75) is 6.42 Å². The van der Waals surface area contributed by atoms with Crippen LogP contribution in [0, 0.1) is 0 Å². The summed E-state index contributed by atoms with van der Waals surface area (Å²) in [6.45, 7) is 0. The first-order valence-electron chi connectivity index (χ1n) is 6.13. The van der Waals surface area contributed by atoms with Gasteiger partial charge in [0.1, 0.15) is 5.84 Å². The molecule has 2 aromatic carbocycles. The van der Waals surface area contributed by atoms with Crippen LogP contribution in [0.5, 0.6) is 0 Å². The monoisotopic (exact) mass is 304 g/mol. The maximum atomic E-state index is 6.06. The van der Waals surface area contributed by atoms with Gasteiger partial charge in [-0.3, -0.25) is 0 Å². The van der Waals surface area contributed by atoms with Crippen molar-refractivity contribution in [3.63, 3.8) is 0 Å². The van der Waals surface area contributed by atoms with Crippen LogP contribution in [0.15, 0.2) is 59.7 Å². The fraction of sp³-hybridized carbons (Fsp3) is 0.0625. The molecule has 0 saturated heterocycles. The van der Waals surface area contributed by atoms with Crippen LogP contribution in [0.4, 0.5) is 0 Å². The summed E-state index contributed by atoms with van der Waals surface area (Å²) in [6.07, 6.45) is 3.98. The Kier molecular flexibility index (Phi) is 5.22. The molecule has 2 N–H and O–H groups in total. The second-order valence-electron chi connectivity index (χ2n) is 4.23. The van der Waals surface area contributed by atoms with Crippen LogP contribution >= 0.6 is 23.2 Å². The average Bonchev–Trinajstić information content (AvgIpc) is 2.43. The van der Waals surface area contributed by atoms with Gasteiger partial charge in [0.25, 0.3) is 0 Å². The lowest BCUT2D eigenvalue weighted by Gasteiger charge is -2.01. The predicted molar refractivity (Wildman–Crippen MR) is 87.3 cm³/mol. The second-order valence-corrected chi connectivity index (χ2v) is 5.05. The molecule has 0 spiro atoms. The standard InChI is InChI=1S/C16H14Cl2N2/c17-14-7-4-8-15(18)13(14)9-10-20-16(19)11-12-5-2-1-3-6-12/h1-10H,11H2,(H2,19,20)/b10-9+. The molecule has 0 atom stereocenters. The fourth-order valence-electron chi connectivity index (χ4n) is 1.73. The first kappa shape index (κ1) is 14.6. The molecule has 0 radical (unpaired) electrons. The topological polar surface area (TPSA) is 38.4 Å². The van der Waals surface area contributed by atoms with Crippen LogP contribution in [0.2, 0.25) is 10.0 Å². The number of rotatable bonds is 4. The zero-order valence-corrected chi connectivity index (χ0v) is 12.3. The van der Waals surface area contributed by atoms with Gasteiger partial charge in [-0.25, -0.2) is 4.99 Å². The molecule has 0 aliphatic heterocycles. The quantitative estimate of drug-likeness (QED) is 0.652. The van der Waals surface area contributed by atoms with Crippen LogP contribution < -0.4 is 5.73 Å². The van der Waals surface area contributed by atoms with Crippen molar-refractivity contribution in [2.75, 3.05) is 0 Å². The number of nitrogens with two attached hydrogens (primary N) is 1. The van der Waals surface area contributed by atoms with Gasteiger partial charge in [0.15, 0.2) is 0 Å². The smallest absolute Gasteiger partial charge is 0.103 e. The highest BCUT2D eigenvalue weighted by atomic mass is 35.5. The average molecular weight is 305 g/mol. The van der Waals surface area contributed by atoms with E-state index in [0.29, 0.717) is 22.3 Å². The van der Waals surface area contributed by atoms with E-state index in [2.05, 4.69) is 4.99 Å². The molecular weight excluding hydrogens is 291 g/mol. The Bertz CT molecular complexity index is 614. The predicted octanol–water partition coefficient (Wildman–Crippen LogP) is 4.56. The number of nitrogens with zero attached hydrogens (tertiary/aromatic N) is 1. The van der Waals surface area contributed by atoms with Gasteiger partial charge in [-0.15, -0.1) is 0 Å². The highest BCUT2D eigenvalue weighted by molar-refractivity contribution is 6.37. The van der Waals surface area contributed by atoms with E-state index in [1.807, 2.05) is 30.3 Å². The zero-order valence-electron chi connectivity index (χ0n) is 10.8. The Morgan fingerprint density at radius 1 is 1.00 bits per heavy atom. The molecular formula is C16H14Cl2N2. The molecule has 0 aliphatic carbocycles. The number of hydrogen-bond donors (Lipinski definition) is 1. The van der Waals surface area contributed by atoms with E-state index < -0.39 is 0 Å². The van der Waals surface area contributed by atoms with Crippen molar-refractivity contribution >= 4 is 35.1 Å². The minimum absolute atomic E-state index is 0.538. The van der Waals surface area contributed by atoms with Gasteiger partial charge in [0.05, 0.1) is 0 Å². The Morgan fingerprint density at radius 3 is 2.30 bits per heavy atom. The van der Waals surface area contributed by atoms with E-state index >= 15 is 0 Å². The highest BCUT2D eigenvalue weighted by Crippen LogP contribution is 2.25. The number of amidine groups is 1. The SMILES string of the molecule is NC(Cc1ccccc1)=N/C=C/c1c(Cl)cccc1Cl. The van der Waals surface area contributed by atoms with Gasteiger partial charge in [-0.05, 0) is 23.8 Å². The van der Waals surface area contributed by atoms with Crippen molar-refractivity contribution in [3.8, 4) is 0 Å². The molecule has 0 bridgehead atoms. The normalized spacial score (nSPS) is 12.0. The van der Waals surface area contributed by atoms with Crippen LogP contribution in [-0.4, -0.2) is 5.84 Å². The lowest BCUT2D eigenvalue weighted by molar-refractivity contribution is 1.27. The number of aliphatic imine (C=N–C) groups is 1. The first-order chi connectivity index (χ1) is 9.66.